The Kier molecular flexibility index (Phi) is 8.93. The first-order valence-corrected chi connectivity index (χ1v) is 13.5. The van der Waals surface area contributed by atoms with Crippen LogP contribution in [-0.4, -0.2) is 11.1 Å². The van der Waals surface area contributed by atoms with Crippen molar-refractivity contribution in [2.45, 2.75) is 44.1 Å². The van der Waals surface area contributed by atoms with Gasteiger partial charge in [-0.2, -0.15) is 0 Å². The molecule has 5 rings (SSSR count). The molecule has 0 amide bonds. The van der Waals surface area contributed by atoms with Gasteiger partial charge in [-0.1, -0.05) is 96.4 Å². The second kappa shape index (κ2) is 11.9. The molecule has 1 aromatic heterocycles. The van der Waals surface area contributed by atoms with Crippen molar-refractivity contribution in [3.05, 3.63) is 121 Å². The molecule has 1 heterocycles. The van der Waals surface area contributed by atoms with Crippen LogP contribution in [0.5, 0.6) is 0 Å². The predicted octanol–water partition coefficient (Wildman–Crippen LogP) is 8.29. The number of benzene rings is 3. The number of halogens is 3. The van der Waals surface area contributed by atoms with Gasteiger partial charge in [-0.05, 0) is 54.5 Å². The Labute approximate surface area is 232 Å². The number of thiazole rings is 1. The lowest BCUT2D eigenvalue weighted by Crippen LogP contribution is -2.39. The van der Waals surface area contributed by atoms with Crippen LogP contribution < -0.4 is 4.80 Å². The van der Waals surface area contributed by atoms with Crippen LogP contribution in [0.3, 0.4) is 0 Å². The number of aromatic nitrogens is 1. The summed E-state index contributed by atoms with van der Waals surface area (Å²) in [5.74, 6) is 0. The topological polar surface area (TPSA) is 17.3 Å². The van der Waals surface area contributed by atoms with Crippen molar-refractivity contribution in [3.8, 4) is 0 Å². The largest absolute Gasteiger partial charge is 0.320 e. The quantitative estimate of drug-likeness (QED) is 0.197. The van der Waals surface area contributed by atoms with Crippen LogP contribution in [0.4, 0.5) is 0 Å². The normalized spacial score (nSPS) is 14.9. The minimum Gasteiger partial charge on any atom is -0.320 e. The van der Waals surface area contributed by atoms with E-state index in [1.165, 1.54) is 28.8 Å². The van der Waals surface area contributed by atoms with Gasteiger partial charge in [-0.25, -0.2) is 0 Å². The molecule has 0 atom stereocenters. The fraction of sp³-hybridized carbons (Fsp3) is 0.276. The second-order valence-corrected chi connectivity index (χ2v) is 10.6. The minimum absolute atomic E-state index is 0. The van der Waals surface area contributed by atoms with Crippen LogP contribution in [0.1, 0.15) is 41.6 Å². The molecule has 35 heavy (non-hydrogen) atoms. The van der Waals surface area contributed by atoms with Gasteiger partial charge < -0.3 is 4.57 Å². The SMILES string of the molecule is Br.Clc1ccc(C2(c3cs/c(=N/CCc4ccccc4)n3CCc3ccccc3)CCC2)cc1Cl. The van der Waals surface area contributed by atoms with Crippen LogP contribution >= 0.6 is 51.5 Å². The smallest absolute Gasteiger partial charge is 0.184 e. The highest BCUT2D eigenvalue weighted by Crippen LogP contribution is 2.50. The minimum atomic E-state index is -0.0192. The maximum absolute atomic E-state index is 6.45. The molecule has 1 aliphatic rings. The van der Waals surface area contributed by atoms with Crippen LogP contribution in [-0.2, 0) is 24.8 Å². The van der Waals surface area contributed by atoms with Gasteiger partial charge in [-0.15, -0.1) is 28.3 Å². The molecule has 4 aromatic rings. The fourth-order valence-corrected chi connectivity index (χ4v) is 6.23. The number of aryl methyl sites for hydroxylation is 1. The first-order chi connectivity index (χ1) is 16.7. The molecule has 0 spiro atoms. The molecule has 1 saturated carbocycles. The summed E-state index contributed by atoms with van der Waals surface area (Å²) in [6.45, 7) is 1.70. The third kappa shape index (κ3) is 5.77. The molecule has 0 bridgehead atoms. The van der Waals surface area contributed by atoms with Gasteiger partial charge in [0.2, 0.25) is 0 Å². The molecule has 1 aliphatic carbocycles. The van der Waals surface area contributed by atoms with Crippen LogP contribution in [0.2, 0.25) is 10.0 Å². The van der Waals surface area contributed by atoms with E-state index in [1.807, 2.05) is 6.07 Å². The number of nitrogens with zero attached hydrogens (tertiary/aromatic N) is 2. The Bertz CT molecular complexity index is 1310. The van der Waals surface area contributed by atoms with Gasteiger partial charge in [0, 0.05) is 29.6 Å². The van der Waals surface area contributed by atoms with Crippen molar-refractivity contribution in [1.82, 2.24) is 4.57 Å². The standard InChI is InChI=1S/C29H28Cl2N2S.BrH/c30-25-13-12-24(20-26(25)31)29(16-7-17-29)27-21-34-28(32-18-14-22-8-3-1-4-9-22)33(27)19-15-23-10-5-2-6-11-23;/h1-6,8-13,20-21H,7,14-19H2;1H/b32-28+;. The summed E-state index contributed by atoms with van der Waals surface area (Å²) in [6, 6.07) is 27.5. The first-order valence-electron chi connectivity index (χ1n) is 11.9. The molecule has 2 nitrogen and oxygen atoms in total. The monoisotopic (exact) mass is 586 g/mol. The van der Waals surface area contributed by atoms with Gasteiger partial charge in [0.05, 0.1) is 10.0 Å². The summed E-state index contributed by atoms with van der Waals surface area (Å²) < 4.78 is 2.46. The average molecular weight is 588 g/mol. The van der Waals surface area contributed by atoms with Gasteiger partial charge >= 0.3 is 0 Å². The lowest BCUT2D eigenvalue weighted by molar-refractivity contribution is 0.282. The van der Waals surface area contributed by atoms with Gasteiger partial charge in [0.15, 0.2) is 4.80 Å². The van der Waals surface area contributed by atoms with Crippen LogP contribution in [0.25, 0.3) is 0 Å². The van der Waals surface area contributed by atoms with Crippen LogP contribution in [0.15, 0.2) is 89.2 Å². The predicted molar refractivity (Wildman–Crippen MR) is 154 cm³/mol. The Morgan fingerprint density at radius 2 is 1.49 bits per heavy atom. The molecule has 1 fully saturated rings. The summed E-state index contributed by atoms with van der Waals surface area (Å²) >= 11 is 14.5. The molecule has 0 radical (unpaired) electrons. The Morgan fingerprint density at radius 3 is 2.09 bits per heavy atom. The van der Waals surface area contributed by atoms with Crippen molar-refractivity contribution in [2.24, 2.45) is 4.99 Å². The van der Waals surface area contributed by atoms with Crippen molar-refractivity contribution in [1.29, 1.82) is 0 Å². The zero-order valence-corrected chi connectivity index (χ0v) is 23.5. The van der Waals surface area contributed by atoms with E-state index in [0.29, 0.717) is 10.0 Å². The van der Waals surface area contributed by atoms with E-state index >= 15 is 0 Å². The van der Waals surface area contributed by atoms with Crippen molar-refractivity contribution < 1.29 is 0 Å². The summed E-state index contributed by atoms with van der Waals surface area (Å²) in [5, 5.41) is 3.57. The van der Waals surface area contributed by atoms with Gasteiger partial charge in [-0.3, -0.25) is 4.99 Å². The first kappa shape index (κ1) is 26.2. The highest BCUT2D eigenvalue weighted by Gasteiger charge is 2.43. The third-order valence-electron chi connectivity index (χ3n) is 6.92. The maximum atomic E-state index is 6.45. The second-order valence-electron chi connectivity index (χ2n) is 8.97. The molecular weight excluding hydrogens is 559 g/mol. The third-order valence-corrected chi connectivity index (χ3v) is 8.56. The highest BCUT2D eigenvalue weighted by molar-refractivity contribution is 8.93. The highest BCUT2D eigenvalue weighted by atomic mass is 79.9. The number of hydrogen-bond acceptors (Lipinski definition) is 2. The molecule has 3 aromatic carbocycles. The fourth-order valence-electron chi connectivity index (χ4n) is 4.88. The van der Waals surface area contributed by atoms with Crippen molar-refractivity contribution >= 4 is 51.5 Å². The number of rotatable bonds is 8. The molecule has 0 unspecified atom stereocenters. The van der Waals surface area contributed by atoms with Crippen molar-refractivity contribution in [2.75, 3.05) is 6.54 Å². The van der Waals surface area contributed by atoms with E-state index in [9.17, 15) is 0 Å². The number of hydrogen-bond donors (Lipinski definition) is 0. The summed E-state index contributed by atoms with van der Waals surface area (Å²) in [4.78, 5) is 6.17. The lowest BCUT2D eigenvalue weighted by atomic mass is 9.62. The molecular formula is C29H29BrCl2N2S. The molecule has 182 valence electrons. The zero-order chi connectivity index (χ0) is 23.4. The van der Waals surface area contributed by atoms with Crippen LogP contribution in [0, 0.1) is 0 Å². The van der Waals surface area contributed by atoms with Crippen molar-refractivity contribution in [3.63, 3.8) is 0 Å². The van der Waals surface area contributed by atoms with E-state index in [0.717, 1.165) is 43.6 Å². The summed E-state index contributed by atoms with van der Waals surface area (Å²) in [7, 11) is 0. The Hall–Kier alpha value is -1.85. The summed E-state index contributed by atoms with van der Waals surface area (Å²) in [5.41, 5.74) is 5.27. The van der Waals surface area contributed by atoms with E-state index in [-0.39, 0.29) is 22.4 Å². The summed E-state index contributed by atoms with van der Waals surface area (Å²) in [6.07, 6.45) is 5.39. The molecule has 0 aliphatic heterocycles. The zero-order valence-electron chi connectivity index (χ0n) is 19.5. The van der Waals surface area contributed by atoms with Gasteiger partial charge in [0.25, 0.3) is 0 Å². The van der Waals surface area contributed by atoms with E-state index in [1.54, 1.807) is 11.3 Å². The van der Waals surface area contributed by atoms with Gasteiger partial charge in [0.1, 0.15) is 0 Å². The molecule has 6 heteroatoms. The molecule has 0 N–H and O–H groups in total. The maximum Gasteiger partial charge on any atom is 0.184 e. The Morgan fingerprint density at radius 1 is 0.829 bits per heavy atom. The van der Waals surface area contributed by atoms with E-state index in [4.69, 9.17) is 28.2 Å². The van der Waals surface area contributed by atoms with E-state index in [2.05, 4.69) is 82.7 Å². The Balaban J connectivity index is 0.00000289. The lowest BCUT2D eigenvalue weighted by Gasteiger charge is -2.43. The average Bonchev–Trinajstić information content (AvgIpc) is 3.23. The molecule has 0 saturated heterocycles. The van der Waals surface area contributed by atoms with E-state index < -0.39 is 0 Å².